The van der Waals surface area contributed by atoms with Gasteiger partial charge in [-0.05, 0) is 36.8 Å². The molecule has 0 saturated carbocycles. The molecule has 0 aliphatic carbocycles. The lowest BCUT2D eigenvalue weighted by Crippen LogP contribution is -2.26. The van der Waals surface area contributed by atoms with Gasteiger partial charge in [0.05, 0.1) is 18.3 Å². The lowest BCUT2D eigenvalue weighted by atomic mass is 10.1. The SMILES string of the molecule is CCOc1ccc(-c2csc3ncn(CC(=O)OCCOc4ccccc4)c(=O)c23)cc1. The zero-order chi connectivity index (χ0) is 22.3. The largest absolute Gasteiger partial charge is 0.494 e. The molecule has 0 fully saturated rings. The van der Waals surface area contributed by atoms with Crippen LogP contribution in [0.1, 0.15) is 6.92 Å². The fourth-order valence-electron chi connectivity index (χ4n) is 3.21. The van der Waals surface area contributed by atoms with E-state index >= 15 is 0 Å². The summed E-state index contributed by atoms with van der Waals surface area (Å²) in [5, 5.41) is 2.39. The Labute approximate surface area is 188 Å². The molecule has 0 unspecified atom stereocenters. The minimum atomic E-state index is -0.525. The molecule has 2 heterocycles. The lowest BCUT2D eigenvalue weighted by Gasteiger charge is -2.09. The first-order chi connectivity index (χ1) is 15.7. The molecule has 0 aliphatic rings. The van der Waals surface area contributed by atoms with Crippen LogP contribution in [0.5, 0.6) is 11.5 Å². The molecular weight excluding hydrogens is 428 g/mol. The molecule has 4 rings (SSSR count). The van der Waals surface area contributed by atoms with Crippen molar-refractivity contribution < 1.29 is 19.0 Å². The first-order valence-electron chi connectivity index (χ1n) is 10.2. The summed E-state index contributed by atoms with van der Waals surface area (Å²) in [7, 11) is 0. The molecule has 0 bridgehead atoms. The average Bonchev–Trinajstić information content (AvgIpc) is 3.25. The van der Waals surface area contributed by atoms with Crippen LogP contribution in [0.15, 0.2) is 71.1 Å². The molecule has 0 saturated heterocycles. The van der Waals surface area contributed by atoms with Gasteiger partial charge >= 0.3 is 5.97 Å². The summed E-state index contributed by atoms with van der Waals surface area (Å²) >= 11 is 1.39. The summed E-state index contributed by atoms with van der Waals surface area (Å²) in [6, 6.07) is 16.8. The van der Waals surface area contributed by atoms with Gasteiger partial charge in [-0.3, -0.25) is 14.2 Å². The number of thiophene rings is 1. The number of aromatic nitrogens is 2. The Morgan fingerprint density at radius 3 is 2.50 bits per heavy atom. The van der Waals surface area contributed by atoms with Gasteiger partial charge in [-0.25, -0.2) is 4.98 Å². The minimum Gasteiger partial charge on any atom is -0.494 e. The Morgan fingerprint density at radius 1 is 1.00 bits per heavy atom. The highest BCUT2D eigenvalue weighted by Crippen LogP contribution is 2.31. The topological polar surface area (TPSA) is 79.7 Å². The number of hydrogen-bond donors (Lipinski definition) is 0. The van der Waals surface area contributed by atoms with Crippen molar-refractivity contribution in [2.24, 2.45) is 0 Å². The van der Waals surface area contributed by atoms with E-state index in [1.54, 1.807) is 0 Å². The standard InChI is InChI=1S/C24H22N2O5S/c1-2-29-19-10-8-17(9-11-19)20-15-32-23-22(20)24(28)26(16-25-23)14-21(27)31-13-12-30-18-6-4-3-5-7-18/h3-11,15-16H,2,12-14H2,1H3. The third-order valence-electron chi connectivity index (χ3n) is 4.69. The summed E-state index contributed by atoms with van der Waals surface area (Å²) in [5.74, 6) is 0.946. The monoisotopic (exact) mass is 450 g/mol. The molecule has 4 aromatic rings. The normalized spacial score (nSPS) is 10.8. The Morgan fingerprint density at radius 2 is 1.75 bits per heavy atom. The molecule has 164 valence electrons. The molecule has 0 atom stereocenters. The molecular formula is C24H22N2O5S. The molecule has 2 aromatic carbocycles. The highest BCUT2D eigenvalue weighted by Gasteiger charge is 2.15. The van der Waals surface area contributed by atoms with Gasteiger partial charge < -0.3 is 14.2 Å². The van der Waals surface area contributed by atoms with Crippen molar-refractivity contribution in [3.05, 3.63) is 76.7 Å². The molecule has 7 nitrogen and oxygen atoms in total. The number of fused-ring (bicyclic) bond motifs is 1. The van der Waals surface area contributed by atoms with Crippen LogP contribution in [0.4, 0.5) is 0 Å². The van der Waals surface area contributed by atoms with E-state index in [9.17, 15) is 9.59 Å². The van der Waals surface area contributed by atoms with Crippen molar-refractivity contribution in [3.8, 4) is 22.6 Å². The van der Waals surface area contributed by atoms with Crippen molar-refractivity contribution in [2.75, 3.05) is 19.8 Å². The number of benzene rings is 2. The Hall–Kier alpha value is -3.65. The number of hydrogen-bond acceptors (Lipinski definition) is 7. The molecule has 32 heavy (non-hydrogen) atoms. The fourth-order valence-corrected chi connectivity index (χ4v) is 4.11. The lowest BCUT2D eigenvalue weighted by molar-refractivity contribution is -0.145. The molecule has 2 aromatic heterocycles. The summed E-state index contributed by atoms with van der Waals surface area (Å²) in [5.41, 5.74) is 1.39. The molecule has 0 spiro atoms. The smallest absolute Gasteiger partial charge is 0.326 e. The molecule has 0 N–H and O–H groups in total. The third-order valence-corrected chi connectivity index (χ3v) is 5.58. The second-order valence-electron chi connectivity index (χ2n) is 6.85. The van der Waals surface area contributed by atoms with E-state index in [0.29, 0.717) is 22.6 Å². The van der Waals surface area contributed by atoms with Crippen molar-refractivity contribution in [2.45, 2.75) is 13.5 Å². The fraction of sp³-hybridized carbons (Fsp3) is 0.208. The van der Waals surface area contributed by atoms with Crippen LogP contribution in [0.25, 0.3) is 21.3 Å². The first kappa shape index (κ1) is 21.6. The highest BCUT2D eigenvalue weighted by atomic mass is 32.1. The van der Waals surface area contributed by atoms with E-state index in [4.69, 9.17) is 14.2 Å². The van der Waals surface area contributed by atoms with Gasteiger partial charge in [-0.1, -0.05) is 30.3 Å². The van der Waals surface area contributed by atoms with Crippen molar-refractivity contribution in [3.63, 3.8) is 0 Å². The van der Waals surface area contributed by atoms with Crippen LogP contribution in [-0.2, 0) is 16.1 Å². The number of rotatable bonds is 9. The number of carbonyl (C=O) groups is 1. The number of esters is 1. The van der Waals surface area contributed by atoms with E-state index in [1.165, 1.54) is 22.2 Å². The van der Waals surface area contributed by atoms with Gasteiger partial charge in [0.1, 0.15) is 36.1 Å². The van der Waals surface area contributed by atoms with E-state index < -0.39 is 5.97 Å². The predicted molar refractivity (Wildman–Crippen MR) is 123 cm³/mol. The molecule has 0 radical (unpaired) electrons. The second kappa shape index (κ2) is 10.1. The summed E-state index contributed by atoms with van der Waals surface area (Å²) in [6.07, 6.45) is 1.38. The summed E-state index contributed by atoms with van der Waals surface area (Å²) < 4.78 is 17.5. The zero-order valence-electron chi connectivity index (χ0n) is 17.5. The van der Waals surface area contributed by atoms with Crippen molar-refractivity contribution in [1.82, 2.24) is 9.55 Å². The zero-order valence-corrected chi connectivity index (χ0v) is 18.3. The highest BCUT2D eigenvalue weighted by molar-refractivity contribution is 7.17. The Bertz CT molecular complexity index is 1250. The maximum Gasteiger partial charge on any atom is 0.326 e. The van der Waals surface area contributed by atoms with Gasteiger partial charge in [0, 0.05) is 10.9 Å². The number of carbonyl (C=O) groups excluding carboxylic acids is 1. The Kier molecular flexibility index (Phi) is 6.81. The summed E-state index contributed by atoms with van der Waals surface area (Å²) in [4.78, 5) is 30.3. The van der Waals surface area contributed by atoms with Crippen LogP contribution in [-0.4, -0.2) is 35.3 Å². The van der Waals surface area contributed by atoms with Gasteiger partial charge in [-0.15, -0.1) is 11.3 Å². The predicted octanol–water partition coefficient (Wildman–Crippen LogP) is 4.15. The maximum atomic E-state index is 13.1. The van der Waals surface area contributed by atoms with Crippen LogP contribution < -0.4 is 15.0 Å². The number of para-hydroxylation sites is 1. The van der Waals surface area contributed by atoms with Crippen LogP contribution in [0.3, 0.4) is 0 Å². The van der Waals surface area contributed by atoms with Gasteiger partial charge in [0.15, 0.2) is 0 Å². The van der Waals surface area contributed by atoms with Crippen LogP contribution >= 0.6 is 11.3 Å². The second-order valence-corrected chi connectivity index (χ2v) is 7.70. The van der Waals surface area contributed by atoms with E-state index in [1.807, 2.05) is 66.9 Å². The van der Waals surface area contributed by atoms with Gasteiger partial charge in [-0.2, -0.15) is 0 Å². The Balaban J connectivity index is 1.44. The third kappa shape index (κ3) is 4.97. The average molecular weight is 451 g/mol. The van der Waals surface area contributed by atoms with Crippen LogP contribution in [0.2, 0.25) is 0 Å². The molecule has 0 aliphatic heterocycles. The van der Waals surface area contributed by atoms with Gasteiger partial charge in [0.25, 0.3) is 5.56 Å². The van der Waals surface area contributed by atoms with Crippen molar-refractivity contribution >= 4 is 27.5 Å². The number of ether oxygens (including phenoxy) is 3. The maximum absolute atomic E-state index is 13.1. The summed E-state index contributed by atoms with van der Waals surface area (Å²) in [6.45, 7) is 2.62. The quantitative estimate of drug-likeness (QED) is 0.282. The van der Waals surface area contributed by atoms with E-state index in [0.717, 1.165) is 16.9 Å². The molecule has 8 heteroatoms. The number of nitrogens with zero attached hydrogens (tertiary/aromatic N) is 2. The minimum absolute atomic E-state index is 0.0913. The van der Waals surface area contributed by atoms with Gasteiger partial charge in [0.2, 0.25) is 0 Å². The first-order valence-corrected chi connectivity index (χ1v) is 11.1. The van der Waals surface area contributed by atoms with Crippen molar-refractivity contribution in [1.29, 1.82) is 0 Å². The van der Waals surface area contributed by atoms with E-state index in [2.05, 4.69) is 4.98 Å². The molecule has 0 amide bonds. The van der Waals surface area contributed by atoms with E-state index in [-0.39, 0.29) is 25.3 Å². The van der Waals surface area contributed by atoms with Crippen LogP contribution in [0, 0.1) is 0 Å².